The van der Waals surface area contributed by atoms with E-state index >= 15 is 0 Å². The average molecular weight is 393 g/mol. The minimum absolute atomic E-state index is 0.0000355. The summed E-state index contributed by atoms with van der Waals surface area (Å²) >= 11 is 5.49. The van der Waals surface area contributed by atoms with Crippen LogP contribution in [-0.4, -0.2) is 13.4 Å². The number of H-pyrrole nitrogens is 1. The predicted molar refractivity (Wildman–Crippen MR) is 84.1 cm³/mol. The zero-order chi connectivity index (χ0) is 18.4. The summed E-state index contributed by atoms with van der Waals surface area (Å²) < 4.78 is 70.0. The molecule has 6 nitrogen and oxygen atoms in total. The normalized spacial score (nSPS) is 12.5. The third-order valence-electron chi connectivity index (χ3n) is 3.23. The van der Waals surface area contributed by atoms with E-state index < -0.39 is 32.5 Å². The van der Waals surface area contributed by atoms with Gasteiger partial charge in [-0.15, -0.1) is 0 Å². The summed E-state index contributed by atoms with van der Waals surface area (Å²) in [4.78, 5) is 13.2. The number of sulfonamides is 1. The third kappa shape index (κ3) is 3.49. The second kappa shape index (κ2) is 5.81. The first kappa shape index (κ1) is 17.4. The Labute approximate surface area is 143 Å². The van der Waals surface area contributed by atoms with Crippen LogP contribution in [0, 0.1) is 0 Å². The Hall–Kier alpha value is -2.46. The number of halogens is 4. The molecule has 1 aromatic heterocycles. The van der Waals surface area contributed by atoms with E-state index in [4.69, 9.17) is 16.0 Å². The van der Waals surface area contributed by atoms with Crippen molar-refractivity contribution in [3.8, 4) is 0 Å². The molecule has 25 heavy (non-hydrogen) atoms. The number of hydrogen-bond acceptors (Lipinski definition) is 4. The maximum Gasteiger partial charge on any atom is 0.417 e. The van der Waals surface area contributed by atoms with Crippen LogP contribution in [0.1, 0.15) is 5.56 Å². The van der Waals surface area contributed by atoms with Gasteiger partial charge in [-0.25, -0.2) is 13.2 Å². The van der Waals surface area contributed by atoms with E-state index in [-0.39, 0.29) is 21.7 Å². The van der Waals surface area contributed by atoms with Gasteiger partial charge < -0.3 is 4.42 Å². The SMILES string of the molecule is O=c1[nH]c2ccc(S(=O)(=O)Nc3ccc(Cl)c(C(F)(F)F)c3)cc2o1. The van der Waals surface area contributed by atoms with Gasteiger partial charge >= 0.3 is 11.9 Å². The lowest BCUT2D eigenvalue weighted by Gasteiger charge is -2.12. The smallest absolute Gasteiger partial charge is 0.408 e. The lowest BCUT2D eigenvalue weighted by atomic mass is 10.2. The van der Waals surface area contributed by atoms with Crippen LogP contribution in [0.15, 0.2) is 50.5 Å². The van der Waals surface area contributed by atoms with Crippen LogP contribution in [0.5, 0.6) is 0 Å². The molecule has 0 unspecified atom stereocenters. The second-order valence-electron chi connectivity index (χ2n) is 4.97. The van der Waals surface area contributed by atoms with E-state index in [0.29, 0.717) is 6.07 Å². The third-order valence-corrected chi connectivity index (χ3v) is 4.94. The van der Waals surface area contributed by atoms with Gasteiger partial charge in [-0.05, 0) is 30.3 Å². The van der Waals surface area contributed by atoms with Crippen molar-refractivity contribution in [2.24, 2.45) is 0 Å². The summed E-state index contributed by atoms with van der Waals surface area (Å²) in [5.41, 5.74) is -1.19. The van der Waals surface area contributed by atoms with Crippen LogP contribution < -0.4 is 10.5 Å². The number of benzene rings is 2. The van der Waals surface area contributed by atoms with Crippen molar-refractivity contribution in [3.05, 3.63) is 57.5 Å². The fraction of sp³-hybridized carbons (Fsp3) is 0.0714. The summed E-state index contributed by atoms with van der Waals surface area (Å²) in [6.07, 6.45) is -4.73. The molecule has 11 heteroatoms. The maximum atomic E-state index is 12.9. The molecule has 0 fully saturated rings. The Morgan fingerprint density at radius 1 is 1.12 bits per heavy atom. The van der Waals surface area contributed by atoms with Gasteiger partial charge in [0, 0.05) is 11.8 Å². The molecule has 2 aromatic carbocycles. The molecule has 0 amide bonds. The minimum Gasteiger partial charge on any atom is -0.408 e. The highest BCUT2D eigenvalue weighted by Gasteiger charge is 2.33. The molecule has 0 saturated carbocycles. The van der Waals surface area contributed by atoms with Gasteiger partial charge in [0.15, 0.2) is 5.58 Å². The summed E-state index contributed by atoms with van der Waals surface area (Å²) in [7, 11) is -4.21. The highest BCUT2D eigenvalue weighted by Crippen LogP contribution is 2.36. The van der Waals surface area contributed by atoms with Gasteiger partial charge in [-0.1, -0.05) is 11.6 Å². The van der Waals surface area contributed by atoms with Crippen molar-refractivity contribution in [1.29, 1.82) is 0 Å². The summed E-state index contributed by atoms with van der Waals surface area (Å²) in [6, 6.07) is 6.19. The van der Waals surface area contributed by atoms with Gasteiger partial charge in [0.05, 0.1) is 21.0 Å². The van der Waals surface area contributed by atoms with Crippen molar-refractivity contribution >= 4 is 38.4 Å². The molecule has 0 aliphatic rings. The number of alkyl halides is 3. The number of hydrogen-bond donors (Lipinski definition) is 2. The molecule has 0 aliphatic heterocycles. The Morgan fingerprint density at radius 2 is 1.84 bits per heavy atom. The van der Waals surface area contributed by atoms with Crippen molar-refractivity contribution in [1.82, 2.24) is 4.98 Å². The van der Waals surface area contributed by atoms with E-state index in [0.717, 1.165) is 18.2 Å². The number of oxazole rings is 1. The van der Waals surface area contributed by atoms with Crippen molar-refractivity contribution < 1.29 is 26.0 Å². The van der Waals surface area contributed by atoms with Crippen LogP contribution in [0.25, 0.3) is 11.1 Å². The molecule has 0 atom stereocenters. The lowest BCUT2D eigenvalue weighted by molar-refractivity contribution is -0.137. The summed E-state index contributed by atoms with van der Waals surface area (Å²) in [5, 5.41) is -0.550. The van der Waals surface area contributed by atoms with Gasteiger partial charge in [0.1, 0.15) is 0 Å². The molecule has 0 saturated heterocycles. The van der Waals surface area contributed by atoms with E-state index in [2.05, 4.69) is 4.98 Å². The van der Waals surface area contributed by atoms with Gasteiger partial charge in [0.25, 0.3) is 10.0 Å². The summed E-state index contributed by atoms with van der Waals surface area (Å²) in [6.45, 7) is 0. The number of fused-ring (bicyclic) bond motifs is 1. The second-order valence-corrected chi connectivity index (χ2v) is 7.06. The van der Waals surface area contributed by atoms with Crippen LogP contribution >= 0.6 is 11.6 Å². The zero-order valence-corrected chi connectivity index (χ0v) is 13.6. The van der Waals surface area contributed by atoms with E-state index in [1.807, 2.05) is 4.72 Å². The average Bonchev–Trinajstić information content (AvgIpc) is 2.87. The van der Waals surface area contributed by atoms with Gasteiger partial charge in [-0.2, -0.15) is 13.2 Å². The molecule has 132 valence electrons. The largest absolute Gasteiger partial charge is 0.417 e. The topological polar surface area (TPSA) is 92.2 Å². The standard InChI is InChI=1S/C14H8ClF3N2O4S/c15-10-3-1-7(5-9(10)14(16,17)18)20-25(22,23)8-2-4-11-12(6-8)24-13(21)19-11/h1-6,20H,(H,19,21). The predicted octanol–water partition coefficient (Wildman–Crippen LogP) is 3.59. The lowest BCUT2D eigenvalue weighted by Crippen LogP contribution is -2.14. The number of nitrogens with one attached hydrogen (secondary N) is 2. The quantitative estimate of drug-likeness (QED) is 0.712. The van der Waals surface area contributed by atoms with Gasteiger partial charge in [0.2, 0.25) is 0 Å². The Kier molecular flexibility index (Phi) is 4.04. The van der Waals surface area contributed by atoms with Crippen LogP contribution in [0.2, 0.25) is 5.02 Å². The molecular weight excluding hydrogens is 385 g/mol. The molecule has 0 radical (unpaired) electrons. The van der Waals surface area contributed by atoms with E-state index in [1.54, 1.807) is 0 Å². The number of aromatic amines is 1. The van der Waals surface area contributed by atoms with Crippen LogP contribution in [0.4, 0.5) is 18.9 Å². The fourth-order valence-electron chi connectivity index (χ4n) is 2.11. The molecule has 1 heterocycles. The molecule has 3 rings (SSSR count). The molecule has 2 N–H and O–H groups in total. The van der Waals surface area contributed by atoms with Crippen LogP contribution in [0.3, 0.4) is 0 Å². The Morgan fingerprint density at radius 3 is 2.52 bits per heavy atom. The van der Waals surface area contributed by atoms with Crippen LogP contribution in [-0.2, 0) is 16.2 Å². The van der Waals surface area contributed by atoms with E-state index in [1.165, 1.54) is 12.1 Å². The monoisotopic (exact) mass is 392 g/mol. The maximum absolute atomic E-state index is 12.9. The molecule has 0 spiro atoms. The molecule has 3 aromatic rings. The first-order chi connectivity index (χ1) is 11.6. The van der Waals surface area contributed by atoms with E-state index in [9.17, 15) is 26.4 Å². The Balaban J connectivity index is 1.99. The first-order valence-corrected chi connectivity index (χ1v) is 8.45. The zero-order valence-electron chi connectivity index (χ0n) is 12.0. The number of anilines is 1. The highest BCUT2D eigenvalue weighted by atomic mass is 35.5. The highest BCUT2D eigenvalue weighted by molar-refractivity contribution is 7.92. The minimum atomic E-state index is -4.73. The Bertz CT molecular complexity index is 1120. The number of rotatable bonds is 3. The number of aromatic nitrogens is 1. The van der Waals surface area contributed by atoms with Crippen molar-refractivity contribution in [2.45, 2.75) is 11.1 Å². The van der Waals surface area contributed by atoms with Gasteiger partial charge in [-0.3, -0.25) is 9.71 Å². The molecular formula is C14H8ClF3N2O4S. The van der Waals surface area contributed by atoms with Crippen molar-refractivity contribution in [2.75, 3.05) is 4.72 Å². The molecule has 0 bridgehead atoms. The van der Waals surface area contributed by atoms with Crippen molar-refractivity contribution in [3.63, 3.8) is 0 Å². The first-order valence-electron chi connectivity index (χ1n) is 6.59. The fourth-order valence-corrected chi connectivity index (χ4v) is 3.40. The summed E-state index contributed by atoms with van der Waals surface area (Å²) in [5.74, 6) is -0.759. The molecule has 0 aliphatic carbocycles.